The molecule has 2 aromatic carbocycles. The third-order valence-electron chi connectivity index (χ3n) is 5.59. The molecule has 0 bridgehead atoms. The zero-order chi connectivity index (χ0) is 18.5. The van der Waals surface area contributed by atoms with Gasteiger partial charge in [0.15, 0.2) is 6.20 Å². The van der Waals surface area contributed by atoms with Crippen LogP contribution in [0.15, 0.2) is 67.1 Å². The summed E-state index contributed by atoms with van der Waals surface area (Å²) < 4.78 is 4.50. The minimum atomic E-state index is 0.900. The third-order valence-corrected chi connectivity index (χ3v) is 5.59. The van der Waals surface area contributed by atoms with Crippen LogP contribution in [0.5, 0.6) is 0 Å². The molecule has 0 saturated carbocycles. The van der Waals surface area contributed by atoms with E-state index < -0.39 is 0 Å². The molecule has 3 heteroatoms. The van der Waals surface area contributed by atoms with Gasteiger partial charge in [-0.1, -0.05) is 42.5 Å². The van der Waals surface area contributed by atoms with Gasteiger partial charge in [0, 0.05) is 30.4 Å². The predicted octanol–water partition coefficient (Wildman–Crippen LogP) is 4.55. The van der Waals surface area contributed by atoms with Gasteiger partial charge in [-0.2, -0.15) is 0 Å². The number of aryl methyl sites for hydroxylation is 3. The van der Waals surface area contributed by atoms with Crippen molar-refractivity contribution in [2.75, 3.05) is 0 Å². The summed E-state index contributed by atoms with van der Waals surface area (Å²) in [4.78, 5) is 4.53. The van der Waals surface area contributed by atoms with Crippen molar-refractivity contribution in [2.24, 2.45) is 7.05 Å². The van der Waals surface area contributed by atoms with E-state index in [1.807, 2.05) is 6.20 Å². The van der Waals surface area contributed by atoms with Crippen molar-refractivity contribution < 1.29 is 4.57 Å². The maximum atomic E-state index is 4.53. The van der Waals surface area contributed by atoms with Crippen LogP contribution in [0.25, 0.3) is 28.1 Å². The van der Waals surface area contributed by atoms with Crippen molar-refractivity contribution in [3.63, 3.8) is 0 Å². The Morgan fingerprint density at radius 2 is 1.81 bits per heavy atom. The van der Waals surface area contributed by atoms with Crippen molar-refractivity contribution in [2.45, 2.75) is 20.3 Å². The van der Waals surface area contributed by atoms with Crippen molar-refractivity contribution in [1.29, 1.82) is 0 Å². The Balaban J connectivity index is 1.80. The lowest BCUT2D eigenvalue weighted by Crippen LogP contribution is -2.32. The largest absolute Gasteiger partial charge is 0.302 e. The molecule has 27 heavy (non-hydrogen) atoms. The first kappa shape index (κ1) is 16.0. The van der Waals surface area contributed by atoms with Crippen molar-refractivity contribution in [3.05, 3.63) is 89.6 Å². The normalized spacial score (nSPS) is 12.1. The van der Waals surface area contributed by atoms with Crippen LogP contribution in [0.2, 0.25) is 0 Å². The smallest absolute Gasteiger partial charge is 0.215 e. The molecule has 0 atom stereocenters. The van der Waals surface area contributed by atoms with Gasteiger partial charge in [0.05, 0.1) is 11.3 Å². The SMILES string of the molecule is Cc1c[n+](C)c(-c2c(C)ccc3c2-n2ccnc2C3)cc1-c1ccccc1. The molecule has 3 nitrogen and oxygen atoms in total. The Kier molecular flexibility index (Phi) is 3.51. The molecule has 0 radical (unpaired) electrons. The van der Waals surface area contributed by atoms with Crippen LogP contribution >= 0.6 is 0 Å². The summed E-state index contributed by atoms with van der Waals surface area (Å²) in [5.74, 6) is 1.12. The molecule has 0 spiro atoms. The van der Waals surface area contributed by atoms with E-state index in [0.717, 1.165) is 12.2 Å². The molecule has 0 saturated heterocycles. The molecule has 2 aromatic heterocycles. The molecule has 1 aliphatic rings. The summed E-state index contributed by atoms with van der Waals surface area (Å²) in [5.41, 5.74) is 10.3. The van der Waals surface area contributed by atoms with Crippen molar-refractivity contribution in [1.82, 2.24) is 9.55 Å². The second-order valence-electron chi connectivity index (χ2n) is 7.39. The van der Waals surface area contributed by atoms with E-state index in [2.05, 4.69) is 95.9 Å². The van der Waals surface area contributed by atoms with Crippen molar-refractivity contribution in [3.8, 4) is 28.1 Å². The fraction of sp³-hybridized carbons (Fsp3) is 0.167. The van der Waals surface area contributed by atoms with Gasteiger partial charge in [-0.25, -0.2) is 9.55 Å². The molecule has 0 aliphatic carbocycles. The Bertz CT molecular complexity index is 1170. The second kappa shape index (κ2) is 5.92. The summed E-state index contributed by atoms with van der Waals surface area (Å²) in [6.45, 7) is 4.38. The van der Waals surface area contributed by atoms with Gasteiger partial charge < -0.3 is 4.57 Å². The number of nitrogens with zero attached hydrogens (tertiary/aromatic N) is 3. The van der Waals surface area contributed by atoms with E-state index in [1.54, 1.807) is 0 Å². The summed E-state index contributed by atoms with van der Waals surface area (Å²) >= 11 is 0. The first-order valence-corrected chi connectivity index (χ1v) is 9.34. The van der Waals surface area contributed by atoms with Crippen LogP contribution in [0.1, 0.15) is 22.5 Å². The third kappa shape index (κ3) is 2.42. The molecule has 0 fully saturated rings. The van der Waals surface area contributed by atoms with Crippen molar-refractivity contribution >= 4 is 0 Å². The molecule has 0 N–H and O–H groups in total. The second-order valence-corrected chi connectivity index (χ2v) is 7.39. The Morgan fingerprint density at radius 1 is 1.00 bits per heavy atom. The topological polar surface area (TPSA) is 21.7 Å². The van der Waals surface area contributed by atoms with E-state index in [4.69, 9.17) is 0 Å². The summed E-state index contributed by atoms with van der Waals surface area (Å²) in [5, 5.41) is 0. The van der Waals surface area contributed by atoms with Crippen LogP contribution in [0.4, 0.5) is 0 Å². The van der Waals surface area contributed by atoms with E-state index in [0.29, 0.717) is 0 Å². The number of aromatic nitrogens is 3. The average Bonchev–Trinajstić information content (AvgIpc) is 3.25. The minimum absolute atomic E-state index is 0.900. The number of hydrogen-bond donors (Lipinski definition) is 0. The summed E-state index contributed by atoms with van der Waals surface area (Å²) in [7, 11) is 2.14. The predicted molar refractivity (Wildman–Crippen MR) is 108 cm³/mol. The van der Waals surface area contributed by atoms with Gasteiger partial charge in [-0.05, 0) is 36.1 Å². The number of benzene rings is 2. The molecule has 5 rings (SSSR count). The highest BCUT2D eigenvalue weighted by Gasteiger charge is 2.27. The average molecular weight is 352 g/mol. The van der Waals surface area contributed by atoms with Gasteiger partial charge in [-0.15, -0.1) is 0 Å². The molecule has 132 valence electrons. The molecule has 0 amide bonds. The zero-order valence-corrected chi connectivity index (χ0v) is 15.9. The van der Waals surface area contributed by atoms with E-state index in [1.165, 1.54) is 44.8 Å². The lowest BCUT2D eigenvalue weighted by Gasteiger charge is -2.14. The molecule has 0 unspecified atom stereocenters. The quantitative estimate of drug-likeness (QED) is 0.427. The highest BCUT2D eigenvalue weighted by Crippen LogP contribution is 2.38. The van der Waals surface area contributed by atoms with E-state index in [-0.39, 0.29) is 0 Å². The number of pyridine rings is 1. The van der Waals surface area contributed by atoms with Gasteiger partial charge in [0.25, 0.3) is 0 Å². The van der Waals surface area contributed by atoms with Crippen LogP contribution in [-0.2, 0) is 13.5 Å². The Hall–Kier alpha value is -3.20. The number of hydrogen-bond acceptors (Lipinski definition) is 1. The first-order chi connectivity index (χ1) is 13.1. The summed E-state index contributed by atoms with van der Waals surface area (Å²) in [6.07, 6.45) is 7.11. The maximum absolute atomic E-state index is 4.53. The monoisotopic (exact) mass is 352 g/mol. The van der Waals surface area contributed by atoms with Crippen LogP contribution in [0, 0.1) is 13.8 Å². The zero-order valence-electron chi connectivity index (χ0n) is 15.9. The van der Waals surface area contributed by atoms with E-state index in [9.17, 15) is 0 Å². The molecule has 4 aromatic rings. The lowest BCUT2D eigenvalue weighted by molar-refractivity contribution is -0.660. The first-order valence-electron chi connectivity index (χ1n) is 9.34. The minimum Gasteiger partial charge on any atom is -0.302 e. The lowest BCUT2D eigenvalue weighted by atomic mass is 9.94. The fourth-order valence-corrected chi connectivity index (χ4v) is 4.27. The Morgan fingerprint density at radius 3 is 2.63 bits per heavy atom. The molecule has 1 aliphatic heterocycles. The summed E-state index contributed by atoms with van der Waals surface area (Å²) in [6, 6.07) is 17.5. The van der Waals surface area contributed by atoms with Gasteiger partial charge in [0.2, 0.25) is 5.69 Å². The molecular formula is C24H22N3+. The number of imidazole rings is 1. The standard InChI is InChI=1S/C24H22N3/c1-16-9-10-19-13-22-25-11-12-27(22)24(19)23(16)21-14-20(17(2)15-26(21)3)18-7-5-4-6-8-18/h4-12,14-15H,13H2,1-3H3/q+1. The highest BCUT2D eigenvalue weighted by atomic mass is 15.1. The number of fused-ring (bicyclic) bond motifs is 3. The molecular weight excluding hydrogens is 330 g/mol. The van der Waals surface area contributed by atoms with Crippen LogP contribution in [-0.4, -0.2) is 9.55 Å². The maximum Gasteiger partial charge on any atom is 0.215 e. The fourth-order valence-electron chi connectivity index (χ4n) is 4.27. The molecule has 3 heterocycles. The van der Waals surface area contributed by atoms with Crippen LogP contribution < -0.4 is 4.57 Å². The van der Waals surface area contributed by atoms with Gasteiger partial charge in [-0.3, -0.25) is 0 Å². The van der Waals surface area contributed by atoms with Gasteiger partial charge >= 0.3 is 0 Å². The van der Waals surface area contributed by atoms with Gasteiger partial charge in [0.1, 0.15) is 12.9 Å². The highest BCUT2D eigenvalue weighted by molar-refractivity contribution is 5.79. The number of rotatable bonds is 2. The Labute approximate surface area is 159 Å². The van der Waals surface area contributed by atoms with E-state index >= 15 is 0 Å². The van der Waals surface area contributed by atoms with Crippen LogP contribution in [0.3, 0.4) is 0 Å².